The first-order valence-electron chi connectivity index (χ1n) is 7.64. The van der Waals surface area contributed by atoms with Gasteiger partial charge in [0, 0.05) is 17.2 Å². The standard InChI is InChI=1S/C20H17FO5/c1-4-11-24-20(23)26-15-7-5-14(6-8-15)17-10-9-16(12-18(17)21)25-19(22)13(2)3/h4-10,12H,1-2,11H2,3H3. The molecule has 2 aromatic rings. The van der Waals surface area contributed by atoms with Crippen LogP contribution >= 0.6 is 0 Å². The molecule has 0 heterocycles. The van der Waals surface area contributed by atoms with Gasteiger partial charge in [0.15, 0.2) is 0 Å². The summed E-state index contributed by atoms with van der Waals surface area (Å²) in [6, 6.07) is 10.3. The Morgan fingerprint density at radius 3 is 2.31 bits per heavy atom. The van der Waals surface area contributed by atoms with Crippen molar-refractivity contribution in [3.8, 4) is 22.6 Å². The molecule has 2 rings (SSSR count). The number of halogens is 1. The van der Waals surface area contributed by atoms with Crippen molar-refractivity contribution in [3.63, 3.8) is 0 Å². The van der Waals surface area contributed by atoms with Gasteiger partial charge in [-0.15, -0.1) is 0 Å². The summed E-state index contributed by atoms with van der Waals surface area (Å²) in [5, 5.41) is 0. The van der Waals surface area contributed by atoms with E-state index >= 15 is 0 Å². The first-order valence-corrected chi connectivity index (χ1v) is 7.64. The molecule has 134 valence electrons. The second-order valence-electron chi connectivity index (χ2n) is 5.29. The van der Waals surface area contributed by atoms with Crippen LogP contribution in [0.4, 0.5) is 9.18 Å². The summed E-state index contributed by atoms with van der Waals surface area (Å²) in [6.07, 6.45) is 0.567. The van der Waals surface area contributed by atoms with Crippen molar-refractivity contribution in [2.75, 3.05) is 6.61 Å². The third kappa shape index (κ3) is 5.04. The lowest BCUT2D eigenvalue weighted by Gasteiger charge is -2.08. The fourth-order valence-electron chi connectivity index (χ4n) is 1.94. The van der Waals surface area contributed by atoms with Crippen LogP contribution in [0.3, 0.4) is 0 Å². The quantitative estimate of drug-likeness (QED) is 0.247. The lowest BCUT2D eigenvalue weighted by molar-refractivity contribution is -0.130. The molecule has 0 bridgehead atoms. The molecule has 0 radical (unpaired) electrons. The van der Waals surface area contributed by atoms with Crippen LogP contribution in [0.1, 0.15) is 6.92 Å². The Balaban J connectivity index is 2.11. The summed E-state index contributed by atoms with van der Waals surface area (Å²) in [7, 11) is 0. The molecular weight excluding hydrogens is 339 g/mol. The van der Waals surface area contributed by atoms with Gasteiger partial charge in [-0.1, -0.05) is 31.4 Å². The van der Waals surface area contributed by atoms with Gasteiger partial charge in [0.05, 0.1) is 0 Å². The SMILES string of the molecule is C=CCOC(=O)Oc1ccc(-c2ccc(OC(=O)C(=C)C)cc2F)cc1. The summed E-state index contributed by atoms with van der Waals surface area (Å²) in [5.41, 5.74) is 1.09. The molecule has 6 heteroatoms. The normalized spacial score (nSPS) is 9.92. The average Bonchev–Trinajstić information content (AvgIpc) is 2.61. The van der Waals surface area contributed by atoms with E-state index in [1.54, 1.807) is 12.1 Å². The highest BCUT2D eigenvalue weighted by atomic mass is 19.1. The smallest absolute Gasteiger partial charge is 0.430 e. The molecule has 0 amide bonds. The van der Waals surface area contributed by atoms with E-state index in [-0.39, 0.29) is 23.7 Å². The minimum Gasteiger partial charge on any atom is -0.430 e. The van der Waals surface area contributed by atoms with Crippen LogP contribution in [0.2, 0.25) is 0 Å². The molecule has 0 aliphatic carbocycles. The van der Waals surface area contributed by atoms with Gasteiger partial charge < -0.3 is 14.2 Å². The predicted molar refractivity (Wildman–Crippen MR) is 94.5 cm³/mol. The van der Waals surface area contributed by atoms with E-state index in [2.05, 4.69) is 13.2 Å². The topological polar surface area (TPSA) is 61.8 Å². The molecular formula is C20H17FO5. The average molecular weight is 356 g/mol. The van der Waals surface area contributed by atoms with Crippen LogP contribution in [0, 0.1) is 5.82 Å². The number of hydrogen-bond donors (Lipinski definition) is 0. The van der Waals surface area contributed by atoms with Gasteiger partial charge in [0.25, 0.3) is 0 Å². The van der Waals surface area contributed by atoms with Crippen molar-refractivity contribution in [2.45, 2.75) is 6.92 Å². The van der Waals surface area contributed by atoms with E-state index in [9.17, 15) is 14.0 Å². The summed E-state index contributed by atoms with van der Waals surface area (Å²) in [6.45, 7) is 8.44. The Bertz CT molecular complexity index is 840. The molecule has 0 aliphatic heterocycles. The van der Waals surface area contributed by atoms with E-state index in [4.69, 9.17) is 14.2 Å². The van der Waals surface area contributed by atoms with Gasteiger partial charge in [-0.25, -0.2) is 14.0 Å². The number of carbonyl (C=O) groups excluding carboxylic acids is 2. The molecule has 0 spiro atoms. The van der Waals surface area contributed by atoms with Crippen LogP contribution in [0.15, 0.2) is 67.3 Å². The van der Waals surface area contributed by atoms with Crippen LogP contribution in [0.5, 0.6) is 11.5 Å². The number of ether oxygens (including phenoxy) is 3. The fraction of sp³-hybridized carbons (Fsp3) is 0.100. The van der Waals surface area contributed by atoms with Gasteiger partial charge in [0.1, 0.15) is 23.9 Å². The van der Waals surface area contributed by atoms with Crippen molar-refractivity contribution in [1.29, 1.82) is 0 Å². The fourth-order valence-corrected chi connectivity index (χ4v) is 1.94. The molecule has 0 atom stereocenters. The third-order valence-electron chi connectivity index (χ3n) is 3.19. The van der Waals surface area contributed by atoms with Gasteiger partial charge in [-0.05, 0) is 36.8 Å². The summed E-state index contributed by atoms with van der Waals surface area (Å²) < 4.78 is 29.0. The first-order chi connectivity index (χ1) is 12.4. The molecule has 26 heavy (non-hydrogen) atoms. The zero-order chi connectivity index (χ0) is 19.1. The number of rotatable bonds is 6. The lowest BCUT2D eigenvalue weighted by atomic mass is 10.0. The number of benzene rings is 2. The highest BCUT2D eigenvalue weighted by Gasteiger charge is 2.11. The van der Waals surface area contributed by atoms with E-state index in [1.807, 2.05) is 0 Å². The first kappa shape index (κ1) is 18.9. The van der Waals surface area contributed by atoms with Crippen LogP contribution in [-0.2, 0) is 9.53 Å². The van der Waals surface area contributed by atoms with Gasteiger partial charge >= 0.3 is 12.1 Å². The summed E-state index contributed by atoms with van der Waals surface area (Å²) in [5.74, 6) is -0.836. The lowest BCUT2D eigenvalue weighted by Crippen LogP contribution is -2.10. The van der Waals surface area contributed by atoms with Crippen molar-refractivity contribution in [3.05, 3.63) is 73.1 Å². The molecule has 0 saturated carbocycles. The Kier molecular flexibility index (Phi) is 6.27. The third-order valence-corrected chi connectivity index (χ3v) is 3.19. The maximum absolute atomic E-state index is 14.3. The molecule has 0 aromatic heterocycles. The van der Waals surface area contributed by atoms with E-state index < -0.39 is 17.9 Å². The highest BCUT2D eigenvalue weighted by molar-refractivity contribution is 5.88. The molecule has 5 nitrogen and oxygen atoms in total. The minimum atomic E-state index is -0.854. The van der Waals surface area contributed by atoms with E-state index in [1.165, 1.54) is 37.3 Å². The zero-order valence-electron chi connectivity index (χ0n) is 14.2. The van der Waals surface area contributed by atoms with Gasteiger partial charge in [0.2, 0.25) is 0 Å². The Morgan fingerprint density at radius 2 is 1.73 bits per heavy atom. The number of carbonyl (C=O) groups is 2. The summed E-state index contributed by atoms with van der Waals surface area (Å²) >= 11 is 0. The Morgan fingerprint density at radius 1 is 1.08 bits per heavy atom. The maximum atomic E-state index is 14.3. The van der Waals surface area contributed by atoms with Crippen LogP contribution < -0.4 is 9.47 Å². The van der Waals surface area contributed by atoms with E-state index in [0.29, 0.717) is 11.1 Å². The van der Waals surface area contributed by atoms with Crippen LogP contribution in [-0.4, -0.2) is 18.7 Å². The van der Waals surface area contributed by atoms with Crippen molar-refractivity contribution in [2.24, 2.45) is 0 Å². The molecule has 0 N–H and O–H groups in total. The minimum absolute atomic E-state index is 0.0461. The molecule has 0 saturated heterocycles. The Labute approximate surface area is 150 Å². The number of esters is 1. The van der Waals surface area contributed by atoms with Crippen molar-refractivity contribution < 1.29 is 28.2 Å². The zero-order valence-corrected chi connectivity index (χ0v) is 14.2. The number of hydrogen-bond acceptors (Lipinski definition) is 5. The van der Waals surface area contributed by atoms with E-state index in [0.717, 1.165) is 6.07 Å². The second-order valence-corrected chi connectivity index (χ2v) is 5.29. The Hall–Kier alpha value is -3.41. The highest BCUT2D eigenvalue weighted by Crippen LogP contribution is 2.28. The van der Waals surface area contributed by atoms with Gasteiger partial charge in [-0.3, -0.25) is 0 Å². The molecule has 2 aromatic carbocycles. The van der Waals surface area contributed by atoms with Crippen molar-refractivity contribution in [1.82, 2.24) is 0 Å². The van der Waals surface area contributed by atoms with Crippen molar-refractivity contribution >= 4 is 12.1 Å². The summed E-state index contributed by atoms with van der Waals surface area (Å²) in [4.78, 5) is 22.8. The van der Waals surface area contributed by atoms with Gasteiger partial charge in [-0.2, -0.15) is 0 Å². The second kappa shape index (κ2) is 8.62. The monoisotopic (exact) mass is 356 g/mol. The molecule has 0 aliphatic rings. The largest absolute Gasteiger partial charge is 0.514 e. The molecule has 0 fully saturated rings. The van der Waals surface area contributed by atoms with Crippen LogP contribution in [0.25, 0.3) is 11.1 Å². The maximum Gasteiger partial charge on any atom is 0.514 e. The predicted octanol–water partition coefficient (Wildman–Crippen LogP) is 4.68. The molecule has 0 unspecified atom stereocenters.